The SMILES string of the molecule is COc1ccc(C)cc1CCNC(=O)COc1ccc2c(c1)CCC2. The predicted octanol–water partition coefficient (Wildman–Crippen LogP) is 3.23. The minimum absolute atomic E-state index is 0.0454. The number of carbonyl (C=O) groups excluding carboxylic acids is 1. The van der Waals surface area contributed by atoms with Gasteiger partial charge in [-0.1, -0.05) is 23.8 Å². The van der Waals surface area contributed by atoms with Crippen molar-refractivity contribution in [3.8, 4) is 11.5 Å². The third-order valence-electron chi connectivity index (χ3n) is 4.59. The lowest BCUT2D eigenvalue weighted by Crippen LogP contribution is -2.30. The van der Waals surface area contributed by atoms with Crippen LogP contribution in [0.2, 0.25) is 0 Å². The molecule has 0 atom stereocenters. The Morgan fingerprint density at radius 2 is 1.96 bits per heavy atom. The van der Waals surface area contributed by atoms with Crippen molar-refractivity contribution in [3.63, 3.8) is 0 Å². The summed E-state index contributed by atoms with van der Waals surface area (Å²) in [5.41, 5.74) is 5.04. The average molecular weight is 339 g/mol. The smallest absolute Gasteiger partial charge is 0.257 e. The van der Waals surface area contributed by atoms with Gasteiger partial charge in [0.15, 0.2) is 6.61 Å². The normalized spacial score (nSPS) is 12.6. The molecule has 0 saturated carbocycles. The van der Waals surface area contributed by atoms with Crippen molar-refractivity contribution >= 4 is 5.91 Å². The molecule has 1 aliphatic carbocycles. The van der Waals surface area contributed by atoms with Gasteiger partial charge in [0.1, 0.15) is 11.5 Å². The molecule has 2 aromatic rings. The molecule has 0 aromatic heterocycles. The highest BCUT2D eigenvalue weighted by Gasteiger charge is 2.12. The summed E-state index contributed by atoms with van der Waals surface area (Å²) < 4.78 is 11.0. The van der Waals surface area contributed by atoms with E-state index < -0.39 is 0 Å². The van der Waals surface area contributed by atoms with Crippen LogP contribution in [0.3, 0.4) is 0 Å². The minimum Gasteiger partial charge on any atom is -0.496 e. The molecule has 4 nitrogen and oxygen atoms in total. The molecule has 3 rings (SSSR count). The summed E-state index contributed by atoms with van der Waals surface area (Å²) in [5, 5.41) is 2.91. The van der Waals surface area contributed by atoms with Gasteiger partial charge in [0, 0.05) is 6.54 Å². The Balaban J connectivity index is 1.45. The summed E-state index contributed by atoms with van der Waals surface area (Å²) >= 11 is 0. The fraction of sp³-hybridized carbons (Fsp3) is 0.381. The van der Waals surface area contributed by atoms with Crippen LogP contribution in [-0.2, 0) is 24.1 Å². The van der Waals surface area contributed by atoms with Gasteiger partial charge in [0.2, 0.25) is 0 Å². The van der Waals surface area contributed by atoms with Crippen LogP contribution >= 0.6 is 0 Å². The van der Waals surface area contributed by atoms with E-state index in [0.29, 0.717) is 6.54 Å². The summed E-state index contributed by atoms with van der Waals surface area (Å²) in [4.78, 5) is 12.0. The molecule has 0 saturated heterocycles. The van der Waals surface area contributed by atoms with Crippen LogP contribution in [0, 0.1) is 6.92 Å². The Morgan fingerprint density at radius 3 is 2.80 bits per heavy atom. The first kappa shape index (κ1) is 17.3. The van der Waals surface area contributed by atoms with E-state index in [2.05, 4.69) is 23.5 Å². The second-order valence-corrected chi connectivity index (χ2v) is 6.49. The van der Waals surface area contributed by atoms with Crippen LogP contribution in [0.1, 0.15) is 28.7 Å². The van der Waals surface area contributed by atoms with Gasteiger partial charge in [0.25, 0.3) is 5.91 Å². The van der Waals surface area contributed by atoms with Crippen LogP contribution in [0.5, 0.6) is 11.5 Å². The largest absolute Gasteiger partial charge is 0.496 e. The maximum absolute atomic E-state index is 12.0. The molecule has 1 aliphatic rings. The maximum atomic E-state index is 12.0. The standard InChI is InChI=1S/C21H25NO3/c1-15-6-9-20(24-2)18(12-15)10-11-22-21(23)14-25-19-8-7-16-4-3-5-17(16)13-19/h6-9,12-13H,3-5,10-11,14H2,1-2H3,(H,22,23). The van der Waals surface area contributed by atoms with Gasteiger partial charge in [-0.3, -0.25) is 4.79 Å². The van der Waals surface area contributed by atoms with E-state index in [1.807, 2.05) is 25.1 Å². The molecule has 0 heterocycles. The van der Waals surface area contributed by atoms with Gasteiger partial charge < -0.3 is 14.8 Å². The summed E-state index contributed by atoms with van der Waals surface area (Å²) in [5.74, 6) is 1.53. The third-order valence-corrected chi connectivity index (χ3v) is 4.59. The monoisotopic (exact) mass is 339 g/mol. The number of rotatable bonds is 7. The molecule has 132 valence electrons. The molecule has 0 bridgehead atoms. The molecule has 25 heavy (non-hydrogen) atoms. The highest BCUT2D eigenvalue weighted by atomic mass is 16.5. The van der Waals surface area contributed by atoms with Crippen LogP contribution in [-0.4, -0.2) is 26.2 Å². The van der Waals surface area contributed by atoms with E-state index in [1.54, 1.807) is 7.11 Å². The minimum atomic E-state index is -0.105. The fourth-order valence-electron chi connectivity index (χ4n) is 3.28. The summed E-state index contributed by atoms with van der Waals surface area (Å²) in [6.45, 7) is 2.65. The summed E-state index contributed by atoms with van der Waals surface area (Å²) in [6, 6.07) is 12.2. The van der Waals surface area contributed by atoms with Crippen LogP contribution in [0.4, 0.5) is 0 Å². The van der Waals surface area contributed by atoms with Gasteiger partial charge in [-0.05, 0) is 67.5 Å². The highest BCUT2D eigenvalue weighted by Crippen LogP contribution is 2.26. The molecule has 0 radical (unpaired) electrons. The number of hydrogen-bond acceptors (Lipinski definition) is 3. The van der Waals surface area contributed by atoms with Gasteiger partial charge in [-0.2, -0.15) is 0 Å². The molecular weight excluding hydrogens is 314 g/mol. The first-order chi connectivity index (χ1) is 12.2. The number of hydrogen-bond donors (Lipinski definition) is 1. The Bertz CT molecular complexity index is 755. The van der Waals surface area contributed by atoms with Crippen molar-refractivity contribution in [1.29, 1.82) is 0 Å². The molecule has 4 heteroatoms. The van der Waals surface area contributed by atoms with E-state index in [1.165, 1.54) is 23.1 Å². The molecule has 2 aromatic carbocycles. The van der Waals surface area contributed by atoms with Crippen molar-refractivity contribution in [1.82, 2.24) is 5.32 Å². The lowest BCUT2D eigenvalue weighted by Gasteiger charge is -2.11. The molecule has 0 aliphatic heterocycles. The molecule has 0 fully saturated rings. The first-order valence-corrected chi connectivity index (χ1v) is 8.80. The number of nitrogens with one attached hydrogen (secondary N) is 1. The average Bonchev–Trinajstić information content (AvgIpc) is 3.08. The van der Waals surface area contributed by atoms with E-state index in [9.17, 15) is 4.79 Å². The van der Waals surface area contributed by atoms with Gasteiger partial charge in [-0.15, -0.1) is 0 Å². The lowest BCUT2D eigenvalue weighted by molar-refractivity contribution is -0.123. The zero-order valence-corrected chi connectivity index (χ0v) is 14.9. The lowest BCUT2D eigenvalue weighted by atomic mass is 10.1. The van der Waals surface area contributed by atoms with E-state index in [4.69, 9.17) is 9.47 Å². The maximum Gasteiger partial charge on any atom is 0.257 e. The molecule has 1 N–H and O–H groups in total. The Morgan fingerprint density at radius 1 is 1.12 bits per heavy atom. The topological polar surface area (TPSA) is 47.6 Å². The Labute approximate surface area is 149 Å². The number of fused-ring (bicyclic) bond motifs is 1. The van der Waals surface area contributed by atoms with Crippen LogP contribution in [0.15, 0.2) is 36.4 Å². The van der Waals surface area contributed by atoms with E-state index in [-0.39, 0.29) is 12.5 Å². The fourth-order valence-corrected chi connectivity index (χ4v) is 3.28. The Hall–Kier alpha value is -2.49. The molecular formula is C21H25NO3. The van der Waals surface area contributed by atoms with Gasteiger partial charge in [-0.25, -0.2) is 0 Å². The Kier molecular flexibility index (Phi) is 5.59. The van der Waals surface area contributed by atoms with Crippen LogP contribution in [0.25, 0.3) is 0 Å². The number of benzene rings is 2. The van der Waals surface area contributed by atoms with Crippen molar-refractivity contribution in [2.45, 2.75) is 32.6 Å². The molecule has 1 amide bonds. The third kappa shape index (κ3) is 4.53. The van der Waals surface area contributed by atoms with Crippen molar-refractivity contribution in [3.05, 3.63) is 58.7 Å². The van der Waals surface area contributed by atoms with E-state index >= 15 is 0 Å². The van der Waals surface area contributed by atoms with Gasteiger partial charge in [0.05, 0.1) is 7.11 Å². The number of methoxy groups -OCH3 is 1. The quantitative estimate of drug-likeness (QED) is 0.842. The number of aryl methyl sites for hydroxylation is 3. The van der Waals surface area contributed by atoms with Crippen molar-refractivity contribution in [2.24, 2.45) is 0 Å². The molecule has 0 spiro atoms. The second kappa shape index (κ2) is 8.06. The first-order valence-electron chi connectivity index (χ1n) is 8.80. The second-order valence-electron chi connectivity index (χ2n) is 6.49. The van der Waals surface area contributed by atoms with Crippen molar-refractivity contribution < 1.29 is 14.3 Å². The number of carbonyl (C=O) groups is 1. The number of ether oxygens (including phenoxy) is 2. The summed E-state index contributed by atoms with van der Waals surface area (Å²) in [7, 11) is 1.66. The highest BCUT2D eigenvalue weighted by molar-refractivity contribution is 5.77. The van der Waals surface area contributed by atoms with E-state index in [0.717, 1.165) is 36.3 Å². The predicted molar refractivity (Wildman–Crippen MR) is 98.4 cm³/mol. The van der Waals surface area contributed by atoms with Crippen molar-refractivity contribution in [2.75, 3.05) is 20.3 Å². The summed E-state index contributed by atoms with van der Waals surface area (Å²) in [6.07, 6.45) is 4.20. The number of amides is 1. The van der Waals surface area contributed by atoms with Gasteiger partial charge >= 0.3 is 0 Å². The zero-order valence-electron chi connectivity index (χ0n) is 14.9. The van der Waals surface area contributed by atoms with Crippen LogP contribution < -0.4 is 14.8 Å². The zero-order chi connectivity index (χ0) is 17.6. The molecule has 0 unspecified atom stereocenters.